The summed E-state index contributed by atoms with van der Waals surface area (Å²) in [6, 6.07) is 20.2. The number of benzene rings is 3. The lowest BCUT2D eigenvalue weighted by Gasteiger charge is -2.27. The molecule has 2 heterocycles. The first-order chi connectivity index (χ1) is 20.5. The van der Waals surface area contributed by atoms with Gasteiger partial charge in [0.2, 0.25) is 0 Å². The summed E-state index contributed by atoms with van der Waals surface area (Å²) in [5.74, 6) is -0.469. The fourth-order valence-electron chi connectivity index (χ4n) is 6.29. The Hall–Kier alpha value is -3.81. The maximum absolute atomic E-state index is 13.7. The van der Waals surface area contributed by atoms with Gasteiger partial charge >= 0.3 is 0 Å². The molecule has 1 aromatic heterocycles. The largest absolute Gasteiger partial charge is 0.348 e. The summed E-state index contributed by atoms with van der Waals surface area (Å²) in [6.45, 7) is 5.28. The van der Waals surface area contributed by atoms with Crippen LogP contribution in [0.2, 0.25) is 0 Å². The maximum atomic E-state index is 13.7. The molecule has 1 saturated heterocycles. The van der Waals surface area contributed by atoms with Crippen LogP contribution in [0.3, 0.4) is 0 Å². The van der Waals surface area contributed by atoms with Gasteiger partial charge in [0.05, 0.1) is 5.52 Å². The van der Waals surface area contributed by atoms with Gasteiger partial charge in [-0.2, -0.15) is 0 Å². The first kappa shape index (κ1) is 28.3. The van der Waals surface area contributed by atoms with E-state index in [1.165, 1.54) is 48.9 Å². The first-order valence-corrected chi connectivity index (χ1v) is 15.3. The number of amides is 1. The molecule has 0 spiro atoms. The second-order valence-electron chi connectivity index (χ2n) is 11.7. The van der Waals surface area contributed by atoms with E-state index in [1.54, 1.807) is 24.3 Å². The van der Waals surface area contributed by atoms with Crippen LogP contribution >= 0.6 is 0 Å². The van der Waals surface area contributed by atoms with Crippen molar-refractivity contribution in [2.45, 2.75) is 64.7 Å². The first-order valence-electron chi connectivity index (χ1n) is 15.3. The van der Waals surface area contributed by atoms with Crippen molar-refractivity contribution < 1.29 is 9.18 Å². The number of carbonyl (C=O) groups is 1. The van der Waals surface area contributed by atoms with Crippen LogP contribution in [0.5, 0.6) is 0 Å². The molecular formula is C35H39FN4O2. The summed E-state index contributed by atoms with van der Waals surface area (Å²) in [7, 11) is 0. The molecule has 6 nitrogen and oxygen atoms in total. The Morgan fingerprint density at radius 1 is 0.762 bits per heavy atom. The smallest absolute Gasteiger partial charge is 0.255 e. The lowest BCUT2D eigenvalue weighted by atomic mass is 10.0. The molecular weight excluding hydrogens is 527 g/mol. The van der Waals surface area contributed by atoms with Crippen LogP contribution in [-0.4, -0.2) is 35.0 Å². The van der Waals surface area contributed by atoms with Gasteiger partial charge in [-0.05, 0) is 115 Å². The Morgan fingerprint density at radius 2 is 1.45 bits per heavy atom. The standard InChI is InChI=1S/C35H39FN4O2/c36-32-13-9-26(10-14-32)23-38-34(41)27-11-7-25(8-12-27)22-37-24-31-20-30-19-28-5-4-6-29(28)21-33(30)40(35(31)42)18-17-39-15-2-1-3-16-39/h7-14,19-21,37H,1-6,15-18,22-24H2,(H,38,41). The van der Waals surface area contributed by atoms with Gasteiger partial charge in [-0.25, -0.2) is 4.39 Å². The zero-order valence-corrected chi connectivity index (χ0v) is 24.1. The number of nitrogens with zero attached hydrogens (tertiary/aromatic N) is 2. The third-order valence-corrected chi connectivity index (χ3v) is 8.70. The number of rotatable bonds is 10. The number of aromatic nitrogens is 1. The topological polar surface area (TPSA) is 66.4 Å². The van der Waals surface area contributed by atoms with Crippen LogP contribution in [0.1, 0.15) is 63.9 Å². The minimum atomic E-state index is -0.295. The number of aryl methyl sites for hydroxylation is 2. The number of likely N-dealkylation sites (tertiary alicyclic amines) is 1. The Labute approximate surface area is 246 Å². The van der Waals surface area contributed by atoms with E-state index in [0.717, 1.165) is 60.1 Å². The quantitative estimate of drug-likeness (QED) is 0.272. The van der Waals surface area contributed by atoms with Crippen LogP contribution in [0, 0.1) is 5.82 Å². The number of carbonyl (C=O) groups excluding carboxylic acids is 1. The molecule has 0 saturated carbocycles. The predicted molar refractivity (Wildman–Crippen MR) is 165 cm³/mol. The number of halogens is 1. The highest BCUT2D eigenvalue weighted by Gasteiger charge is 2.17. The van der Waals surface area contributed by atoms with Gasteiger partial charge in [0.15, 0.2) is 0 Å². The van der Waals surface area contributed by atoms with Crippen LogP contribution in [0.15, 0.2) is 71.5 Å². The fourth-order valence-corrected chi connectivity index (χ4v) is 6.29. The second-order valence-corrected chi connectivity index (χ2v) is 11.7. The summed E-state index contributed by atoms with van der Waals surface area (Å²) in [6.07, 6.45) is 7.20. The van der Waals surface area contributed by atoms with E-state index in [1.807, 2.05) is 16.7 Å². The molecule has 6 rings (SSSR count). The van der Waals surface area contributed by atoms with Crippen molar-refractivity contribution in [3.8, 4) is 0 Å². The van der Waals surface area contributed by atoms with Gasteiger partial charge < -0.3 is 20.1 Å². The van der Waals surface area contributed by atoms with Crippen LogP contribution in [0.25, 0.3) is 10.9 Å². The van der Waals surface area contributed by atoms with Gasteiger partial charge in [-0.1, -0.05) is 30.7 Å². The molecule has 42 heavy (non-hydrogen) atoms. The molecule has 0 bridgehead atoms. The van der Waals surface area contributed by atoms with Gasteiger partial charge in [0.25, 0.3) is 11.5 Å². The van der Waals surface area contributed by atoms with E-state index in [2.05, 4.69) is 33.7 Å². The SMILES string of the molecule is O=C(NCc1ccc(F)cc1)c1ccc(CNCc2cc3cc4c(cc3n(CCN3CCCCC3)c2=O)CCC4)cc1. The van der Waals surface area contributed by atoms with Crippen molar-refractivity contribution in [2.75, 3.05) is 19.6 Å². The zero-order chi connectivity index (χ0) is 28.9. The van der Waals surface area contributed by atoms with E-state index >= 15 is 0 Å². The van der Waals surface area contributed by atoms with Crippen molar-refractivity contribution in [3.63, 3.8) is 0 Å². The molecule has 0 unspecified atom stereocenters. The van der Waals surface area contributed by atoms with Gasteiger partial charge in [0.1, 0.15) is 5.82 Å². The molecule has 0 atom stereocenters. The summed E-state index contributed by atoms with van der Waals surface area (Å²) in [5.41, 5.74) is 7.21. The highest BCUT2D eigenvalue weighted by molar-refractivity contribution is 5.94. The molecule has 4 aromatic rings. The number of pyridine rings is 1. The highest BCUT2D eigenvalue weighted by atomic mass is 19.1. The second kappa shape index (κ2) is 13.0. The van der Waals surface area contributed by atoms with Crippen molar-refractivity contribution in [1.29, 1.82) is 0 Å². The molecule has 1 aliphatic heterocycles. The normalized spacial score (nSPS) is 15.2. The van der Waals surface area contributed by atoms with Crippen molar-refractivity contribution in [1.82, 2.24) is 20.1 Å². The molecule has 1 aliphatic carbocycles. The molecule has 0 radical (unpaired) electrons. The Balaban J connectivity index is 1.11. The molecule has 1 fully saturated rings. The Kier molecular flexibility index (Phi) is 8.77. The van der Waals surface area contributed by atoms with Gasteiger partial charge in [0, 0.05) is 43.9 Å². The number of piperidine rings is 1. The highest BCUT2D eigenvalue weighted by Crippen LogP contribution is 2.27. The fraction of sp³-hybridized carbons (Fsp3) is 0.371. The van der Waals surface area contributed by atoms with Crippen LogP contribution in [-0.2, 0) is 39.0 Å². The summed E-state index contributed by atoms with van der Waals surface area (Å²) < 4.78 is 15.1. The van der Waals surface area contributed by atoms with Crippen LogP contribution in [0.4, 0.5) is 4.39 Å². The number of nitrogens with one attached hydrogen (secondary N) is 2. The van der Waals surface area contributed by atoms with Crippen molar-refractivity contribution >= 4 is 16.8 Å². The molecule has 2 N–H and O–H groups in total. The van der Waals surface area contributed by atoms with E-state index in [9.17, 15) is 14.0 Å². The minimum Gasteiger partial charge on any atom is -0.348 e. The lowest BCUT2D eigenvalue weighted by Crippen LogP contribution is -2.36. The van der Waals surface area contributed by atoms with Gasteiger partial charge in [-0.3, -0.25) is 9.59 Å². The van der Waals surface area contributed by atoms with Crippen molar-refractivity contribution in [3.05, 3.63) is 116 Å². The molecule has 1 amide bonds. The Bertz CT molecular complexity index is 1610. The predicted octanol–water partition coefficient (Wildman–Crippen LogP) is 5.34. The zero-order valence-electron chi connectivity index (χ0n) is 24.1. The van der Waals surface area contributed by atoms with Gasteiger partial charge in [-0.15, -0.1) is 0 Å². The van der Waals surface area contributed by atoms with E-state index in [0.29, 0.717) is 31.7 Å². The lowest BCUT2D eigenvalue weighted by molar-refractivity contribution is 0.0951. The monoisotopic (exact) mass is 566 g/mol. The minimum absolute atomic E-state index is 0.0955. The Morgan fingerprint density at radius 3 is 2.21 bits per heavy atom. The maximum Gasteiger partial charge on any atom is 0.255 e. The van der Waals surface area contributed by atoms with E-state index < -0.39 is 0 Å². The number of fused-ring (bicyclic) bond motifs is 2. The number of hydrogen-bond acceptors (Lipinski definition) is 4. The molecule has 2 aliphatic rings. The molecule has 3 aromatic carbocycles. The average Bonchev–Trinajstić information content (AvgIpc) is 3.48. The average molecular weight is 567 g/mol. The van der Waals surface area contributed by atoms with Crippen LogP contribution < -0.4 is 16.2 Å². The van der Waals surface area contributed by atoms with E-state index in [4.69, 9.17) is 0 Å². The summed E-state index contributed by atoms with van der Waals surface area (Å²) >= 11 is 0. The number of hydrogen-bond donors (Lipinski definition) is 2. The van der Waals surface area contributed by atoms with Crippen molar-refractivity contribution in [2.24, 2.45) is 0 Å². The van der Waals surface area contributed by atoms with E-state index in [-0.39, 0.29) is 17.3 Å². The molecule has 218 valence electrons. The molecule has 7 heteroatoms. The third-order valence-electron chi connectivity index (χ3n) is 8.70. The third kappa shape index (κ3) is 6.63. The summed E-state index contributed by atoms with van der Waals surface area (Å²) in [5, 5.41) is 7.48. The summed E-state index contributed by atoms with van der Waals surface area (Å²) in [4.78, 5) is 28.8.